The maximum Gasteiger partial charge on any atom is 0.306 e. The highest BCUT2D eigenvalue weighted by Crippen LogP contribution is 2.12. The first-order valence-electron chi connectivity index (χ1n) is 24.2. The molecule has 0 amide bonds. The molecule has 0 aliphatic heterocycles. The van der Waals surface area contributed by atoms with Crippen LogP contribution < -0.4 is 0 Å². The van der Waals surface area contributed by atoms with Crippen LogP contribution in [-0.4, -0.2) is 37.2 Å². The monoisotopic (exact) mass is 833 g/mol. The van der Waals surface area contributed by atoms with E-state index >= 15 is 0 Å². The fourth-order valence-corrected chi connectivity index (χ4v) is 6.15. The van der Waals surface area contributed by atoms with E-state index in [1.165, 1.54) is 57.8 Å². The van der Waals surface area contributed by atoms with Gasteiger partial charge >= 0.3 is 17.9 Å². The summed E-state index contributed by atoms with van der Waals surface area (Å²) >= 11 is 0. The van der Waals surface area contributed by atoms with Crippen LogP contribution in [0.25, 0.3) is 0 Å². The van der Waals surface area contributed by atoms with Crippen molar-refractivity contribution in [3.8, 4) is 0 Å². The van der Waals surface area contributed by atoms with Crippen LogP contribution in [0.4, 0.5) is 0 Å². The molecule has 1 unspecified atom stereocenters. The van der Waals surface area contributed by atoms with Crippen LogP contribution in [0.1, 0.15) is 207 Å². The fraction of sp³-hybridized carbons (Fsp3) is 0.648. The molecule has 0 aromatic heterocycles. The summed E-state index contributed by atoms with van der Waals surface area (Å²) in [5, 5.41) is 0. The average Bonchev–Trinajstić information content (AvgIpc) is 3.24. The Morgan fingerprint density at radius 3 is 1.17 bits per heavy atom. The quantitative estimate of drug-likeness (QED) is 0.0264. The van der Waals surface area contributed by atoms with Crippen molar-refractivity contribution in [3.63, 3.8) is 0 Å². The van der Waals surface area contributed by atoms with Crippen LogP contribution >= 0.6 is 0 Å². The number of ether oxygens (including phenoxy) is 3. The van der Waals surface area contributed by atoms with Gasteiger partial charge in [-0.25, -0.2) is 0 Å². The van der Waals surface area contributed by atoms with Crippen molar-refractivity contribution in [1.82, 2.24) is 0 Å². The van der Waals surface area contributed by atoms with E-state index in [4.69, 9.17) is 14.2 Å². The third-order valence-corrected chi connectivity index (χ3v) is 9.81. The molecule has 0 radical (unpaired) electrons. The van der Waals surface area contributed by atoms with Crippen LogP contribution in [0.5, 0.6) is 0 Å². The largest absolute Gasteiger partial charge is 0.462 e. The van der Waals surface area contributed by atoms with Gasteiger partial charge in [0.2, 0.25) is 0 Å². The number of hydrogen-bond acceptors (Lipinski definition) is 6. The molecule has 0 N–H and O–H groups in total. The van der Waals surface area contributed by atoms with E-state index in [-0.39, 0.29) is 37.5 Å². The Bertz CT molecular complexity index is 1230. The van der Waals surface area contributed by atoms with E-state index in [0.29, 0.717) is 19.3 Å². The SMILES string of the molecule is CC/C=C\C/C=C\C/C=C\C/C=C\C/C=C\C/C=C\CCC(=O)OCC(COC(=O)CCCCCCC/C=C\CCCC)OC(=O)CCCCCCC/C=C\CCCCC. The highest BCUT2D eigenvalue weighted by Gasteiger charge is 2.19. The molecular weight excluding hydrogens is 745 g/mol. The average molecular weight is 833 g/mol. The van der Waals surface area contributed by atoms with Gasteiger partial charge in [0, 0.05) is 19.3 Å². The van der Waals surface area contributed by atoms with Gasteiger partial charge in [0.25, 0.3) is 0 Å². The summed E-state index contributed by atoms with van der Waals surface area (Å²) in [4.78, 5) is 37.8. The van der Waals surface area contributed by atoms with E-state index in [0.717, 1.165) is 103 Å². The Balaban J connectivity index is 4.51. The van der Waals surface area contributed by atoms with Crippen molar-refractivity contribution >= 4 is 17.9 Å². The highest BCUT2D eigenvalue weighted by molar-refractivity contribution is 5.71. The van der Waals surface area contributed by atoms with Gasteiger partial charge in [0.1, 0.15) is 13.2 Å². The number of carbonyl (C=O) groups excluding carboxylic acids is 3. The number of carbonyl (C=O) groups is 3. The molecule has 6 nitrogen and oxygen atoms in total. The summed E-state index contributed by atoms with van der Waals surface area (Å²) < 4.78 is 16.6. The number of unbranched alkanes of at least 4 members (excludes halogenated alkanes) is 15. The van der Waals surface area contributed by atoms with E-state index in [9.17, 15) is 14.4 Å². The zero-order valence-corrected chi connectivity index (χ0v) is 38.7. The third kappa shape index (κ3) is 45.4. The Morgan fingerprint density at radius 1 is 0.350 bits per heavy atom. The molecule has 0 spiro atoms. The van der Waals surface area contributed by atoms with E-state index in [2.05, 4.69) is 106 Å². The van der Waals surface area contributed by atoms with Gasteiger partial charge in [0.15, 0.2) is 6.10 Å². The van der Waals surface area contributed by atoms with E-state index in [1.54, 1.807) is 0 Å². The Hall–Kier alpha value is -3.67. The zero-order valence-electron chi connectivity index (χ0n) is 38.7. The minimum Gasteiger partial charge on any atom is -0.462 e. The molecule has 0 saturated heterocycles. The van der Waals surface area contributed by atoms with Crippen molar-refractivity contribution in [2.24, 2.45) is 0 Å². The number of esters is 3. The topological polar surface area (TPSA) is 78.9 Å². The summed E-state index contributed by atoms with van der Waals surface area (Å²) in [5.41, 5.74) is 0. The molecule has 60 heavy (non-hydrogen) atoms. The Labute approximate surface area is 368 Å². The van der Waals surface area contributed by atoms with Crippen LogP contribution in [0.2, 0.25) is 0 Å². The molecular formula is C54H88O6. The second-order valence-electron chi connectivity index (χ2n) is 15.6. The molecule has 0 aliphatic carbocycles. The normalized spacial score (nSPS) is 12.9. The molecule has 6 heteroatoms. The molecule has 0 rings (SSSR count). The highest BCUT2D eigenvalue weighted by atomic mass is 16.6. The standard InChI is InChI=1S/C54H88O6/c1-4-7-10-13-16-19-22-24-25-26-27-28-29-30-33-35-38-41-44-47-53(56)59-50-51(49-58-52(55)46-43-40-37-34-31-21-18-15-12-9-6-3)60-54(57)48-45-42-39-36-32-23-20-17-14-11-8-5-2/h7,10,15-20,24-25,27-28,30,33,38,41,51H,4-6,8-9,11-14,21-23,26,29,31-32,34-37,39-40,42-50H2,1-3H3/b10-7-,18-15-,19-16-,20-17-,25-24-,28-27-,33-30-,41-38-. The number of hydrogen-bond donors (Lipinski definition) is 0. The second-order valence-corrected chi connectivity index (χ2v) is 15.6. The van der Waals surface area contributed by atoms with Crippen LogP contribution in [0.3, 0.4) is 0 Å². The molecule has 0 heterocycles. The van der Waals surface area contributed by atoms with E-state index < -0.39 is 6.10 Å². The van der Waals surface area contributed by atoms with Crippen molar-refractivity contribution < 1.29 is 28.6 Å². The van der Waals surface area contributed by atoms with Gasteiger partial charge in [-0.15, -0.1) is 0 Å². The second kappa shape index (κ2) is 48.0. The maximum atomic E-state index is 12.7. The molecule has 0 bridgehead atoms. The van der Waals surface area contributed by atoms with Crippen molar-refractivity contribution in [3.05, 3.63) is 97.2 Å². The van der Waals surface area contributed by atoms with Crippen LogP contribution in [0, 0.1) is 0 Å². The predicted molar refractivity (Wildman–Crippen MR) is 256 cm³/mol. The number of allylic oxidation sites excluding steroid dienone is 16. The summed E-state index contributed by atoms with van der Waals surface area (Å²) in [6, 6.07) is 0. The number of rotatable bonds is 42. The zero-order chi connectivity index (χ0) is 43.7. The van der Waals surface area contributed by atoms with Gasteiger partial charge < -0.3 is 14.2 Å². The first kappa shape index (κ1) is 56.3. The summed E-state index contributed by atoms with van der Waals surface area (Å²) in [5.74, 6) is -1.02. The lowest BCUT2D eigenvalue weighted by Crippen LogP contribution is -2.30. The molecule has 0 fully saturated rings. The van der Waals surface area contributed by atoms with Crippen LogP contribution in [-0.2, 0) is 28.6 Å². The molecule has 0 aromatic carbocycles. The lowest BCUT2D eigenvalue weighted by atomic mass is 10.1. The van der Waals surface area contributed by atoms with Gasteiger partial charge in [-0.3, -0.25) is 14.4 Å². The van der Waals surface area contributed by atoms with Gasteiger partial charge in [0.05, 0.1) is 0 Å². The van der Waals surface area contributed by atoms with Crippen LogP contribution in [0.15, 0.2) is 97.2 Å². The summed E-state index contributed by atoms with van der Waals surface area (Å²) in [6.45, 7) is 6.36. The van der Waals surface area contributed by atoms with E-state index in [1.807, 2.05) is 12.2 Å². The molecule has 1 atom stereocenters. The summed E-state index contributed by atoms with van der Waals surface area (Å²) in [7, 11) is 0. The molecule has 0 saturated carbocycles. The van der Waals surface area contributed by atoms with Crippen molar-refractivity contribution in [2.45, 2.75) is 213 Å². The lowest BCUT2D eigenvalue weighted by Gasteiger charge is -2.18. The first-order chi connectivity index (χ1) is 29.5. The van der Waals surface area contributed by atoms with Gasteiger partial charge in [-0.05, 0) is 103 Å². The molecule has 0 aliphatic rings. The third-order valence-electron chi connectivity index (χ3n) is 9.81. The lowest BCUT2D eigenvalue weighted by molar-refractivity contribution is -0.166. The Morgan fingerprint density at radius 2 is 0.700 bits per heavy atom. The van der Waals surface area contributed by atoms with Crippen molar-refractivity contribution in [1.29, 1.82) is 0 Å². The minimum absolute atomic E-state index is 0.110. The predicted octanol–water partition coefficient (Wildman–Crippen LogP) is 15.8. The molecule has 0 aromatic rings. The summed E-state index contributed by atoms with van der Waals surface area (Å²) in [6.07, 6.45) is 62.6. The van der Waals surface area contributed by atoms with Gasteiger partial charge in [-0.2, -0.15) is 0 Å². The Kier molecular flexibility index (Phi) is 45.1. The maximum absolute atomic E-state index is 12.7. The fourth-order valence-electron chi connectivity index (χ4n) is 6.15. The van der Waals surface area contributed by atoms with Gasteiger partial charge in [-0.1, -0.05) is 182 Å². The molecule has 340 valence electrons. The van der Waals surface area contributed by atoms with Crippen molar-refractivity contribution in [2.75, 3.05) is 13.2 Å². The smallest absolute Gasteiger partial charge is 0.306 e. The minimum atomic E-state index is -0.814. The first-order valence-corrected chi connectivity index (χ1v) is 24.2.